The number of aromatic nitrogens is 5. The number of methoxy groups -OCH3 is 1. The lowest BCUT2D eigenvalue weighted by Crippen LogP contribution is -2.25. The van der Waals surface area contributed by atoms with E-state index in [0.717, 1.165) is 0 Å². The van der Waals surface area contributed by atoms with Gasteiger partial charge in [0.15, 0.2) is 5.65 Å². The summed E-state index contributed by atoms with van der Waals surface area (Å²) in [5.74, 6) is 0.626. The molecular formula is C23H22F2N6O2. The van der Waals surface area contributed by atoms with Gasteiger partial charge in [-0.1, -0.05) is 0 Å². The van der Waals surface area contributed by atoms with Gasteiger partial charge in [0.2, 0.25) is 0 Å². The van der Waals surface area contributed by atoms with E-state index in [1.807, 2.05) is 4.90 Å². The second-order valence-corrected chi connectivity index (χ2v) is 7.86. The van der Waals surface area contributed by atoms with Crippen LogP contribution in [0.2, 0.25) is 0 Å². The lowest BCUT2D eigenvalue weighted by atomic mass is 10.0. The molecule has 170 valence electrons. The van der Waals surface area contributed by atoms with E-state index in [2.05, 4.69) is 15.0 Å². The van der Waals surface area contributed by atoms with Crippen LogP contribution in [0.4, 0.5) is 14.6 Å². The molecule has 0 bridgehead atoms. The summed E-state index contributed by atoms with van der Waals surface area (Å²) in [6.45, 7) is 0.108. The molecule has 0 unspecified atom stereocenters. The molecule has 0 amide bonds. The zero-order chi connectivity index (χ0) is 22.9. The summed E-state index contributed by atoms with van der Waals surface area (Å²) in [4.78, 5) is 14.7. The molecule has 0 saturated carbocycles. The van der Waals surface area contributed by atoms with E-state index in [9.17, 15) is 13.9 Å². The first-order valence-corrected chi connectivity index (χ1v) is 10.6. The quantitative estimate of drug-likeness (QED) is 0.481. The highest BCUT2D eigenvalue weighted by Crippen LogP contribution is 2.40. The fourth-order valence-corrected chi connectivity index (χ4v) is 4.28. The molecule has 0 radical (unpaired) electrons. The third kappa shape index (κ3) is 3.97. The first kappa shape index (κ1) is 21.2. The van der Waals surface area contributed by atoms with E-state index < -0.39 is 18.0 Å². The largest absolute Gasteiger partial charge is 0.496 e. The van der Waals surface area contributed by atoms with Gasteiger partial charge in [-0.25, -0.2) is 28.2 Å². The van der Waals surface area contributed by atoms with Crippen LogP contribution in [-0.2, 0) is 6.42 Å². The monoisotopic (exact) mass is 452 g/mol. The predicted octanol–water partition coefficient (Wildman–Crippen LogP) is 3.16. The molecule has 4 heterocycles. The maximum Gasteiger partial charge on any atom is 0.154 e. The van der Waals surface area contributed by atoms with Gasteiger partial charge in [0.1, 0.15) is 35.6 Å². The minimum Gasteiger partial charge on any atom is -0.496 e. The van der Waals surface area contributed by atoms with Crippen LogP contribution in [0.3, 0.4) is 0 Å². The number of hydrogen-bond donors (Lipinski definition) is 1. The number of hydrogen-bond acceptors (Lipinski definition) is 7. The van der Waals surface area contributed by atoms with Gasteiger partial charge < -0.3 is 14.7 Å². The van der Waals surface area contributed by atoms with Gasteiger partial charge in [0, 0.05) is 30.7 Å². The molecule has 1 fully saturated rings. The summed E-state index contributed by atoms with van der Waals surface area (Å²) in [5, 5.41) is 13.9. The molecule has 4 aromatic rings. The zero-order valence-corrected chi connectivity index (χ0v) is 17.9. The van der Waals surface area contributed by atoms with Gasteiger partial charge >= 0.3 is 0 Å². The molecule has 2 atom stereocenters. The maximum absolute atomic E-state index is 14.6. The van der Waals surface area contributed by atoms with Crippen molar-refractivity contribution in [2.24, 2.45) is 0 Å². The van der Waals surface area contributed by atoms with Crippen molar-refractivity contribution in [3.63, 3.8) is 0 Å². The molecule has 8 nitrogen and oxygen atoms in total. The number of ether oxygens (including phenoxy) is 1. The lowest BCUT2D eigenvalue weighted by Gasteiger charge is -2.26. The zero-order valence-electron chi connectivity index (χ0n) is 17.9. The van der Waals surface area contributed by atoms with Crippen molar-refractivity contribution in [3.8, 4) is 17.1 Å². The summed E-state index contributed by atoms with van der Waals surface area (Å²) < 4.78 is 35.7. The first-order valence-electron chi connectivity index (χ1n) is 10.6. The Hall–Kier alpha value is -3.66. The number of anilines is 1. The van der Waals surface area contributed by atoms with Crippen molar-refractivity contribution in [1.82, 2.24) is 24.6 Å². The third-order valence-electron chi connectivity index (χ3n) is 5.80. The number of aliphatic hydroxyl groups is 1. The van der Waals surface area contributed by atoms with Crippen LogP contribution in [0.5, 0.6) is 5.75 Å². The molecular weight excluding hydrogens is 430 g/mol. The fraction of sp³-hybridized carbons (Fsp3) is 0.304. The normalized spacial score (nSPS) is 18.2. The van der Waals surface area contributed by atoms with Gasteiger partial charge in [-0.05, 0) is 36.4 Å². The Morgan fingerprint density at radius 2 is 2.03 bits per heavy atom. The van der Waals surface area contributed by atoms with Gasteiger partial charge in [-0.2, -0.15) is 0 Å². The molecule has 3 aromatic heterocycles. The van der Waals surface area contributed by atoms with E-state index in [-0.39, 0.29) is 19.6 Å². The molecule has 0 spiro atoms. The number of imidazole rings is 1. The Kier molecular flexibility index (Phi) is 5.59. The van der Waals surface area contributed by atoms with Crippen LogP contribution < -0.4 is 9.64 Å². The summed E-state index contributed by atoms with van der Waals surface area (Å²) in [6.07, 6.45) is 2.61. The number of nitrogens with zero attached hydrogens (tertiary/aromatic N) is 6. The SMILES string of the molecule is COc1ccc(F)cc1[C@H]1C[C@H](F)CN1c1ccc2ncc(-c3cc(CCO)ncn3)n2n1. The van der Waals surface area contributed by atoms with E-state index in [1.54, 1.807) is 35.0 Å². The predicted molar refractivity (Wildman–Crippen MR) is 117 cm³/mol. The highest BCUT2D eigenvalue weighted by atomic mass is 19.1. The molecule has 1 aliphatic rings. The third-order valence-corrected chi connectivity index (χ3v) is 5.80. The number of alkyl halides is 1. The van der Waals surface area contributed by atoms with Crippen LogP contribution >= 0.6 is 0 Å². The Balaban J connectivity index is 1.56. The number of aliphatic hydroxyl groups excluding tert-OH is 1. The van der Waals surface area contributed by atoms with Crippen LogP contribution in [0.1, 0.15) is 23.7 Å². The van der Waals surface area contributed by atoms with Crippen molar-refractivity contribution in [1.29, 1.82) is 0 Å². The van der Waals surface area contributed by atoms with Crippen molar-refractivity contribution in [2.45, 2.75) is 25.1 Å². The van der Waals surface area contributed by atoms with Crippen molar-refractivity contribution in [3.05, 3.63) is 66.0 Å². The summed E-state index contributed by atoms with van der Waals surface area (Å²) in [7, 11) is 1.51. The van der Waals surface area contributed by atoms with Crippen LogP contribution in [0, 0.1) is 5.82 Å². The average molecular weight is 452 g/mol. The molecule has 1 aliphatic heterocycles. The topological polar surface area (TPSA) is 88.7 Å². The standard InChI is InChI=1S/C23H22F2N6O2/c1-33-21-3-2-14(24)8-17(21)19-9-15(25)12-30(19)23-5-4-22-26-11-20(31(22)29-23)18-10-16(6-7-32)27-13-28-18/h2-5,8,10-11,13,15,19,32H,6-7,9,12H2,1H3/t15-,19+/m0/s1. The fourth-order valence-electron chi connectivity index (χ4n) is 4.28. The average Bonchev–Trinajstić information content (AvgIpc) is 3.42. The number of rotatable bonds is 6. The number of fused-ring (bicyclic) bond motifs is 1. The Bertz CT molecular complexity index is 1300. The van der Waals surface area contributed by atoms with Gasteiger partial charge in [-0.15, -0.1) is 5.10 Å². The molecule has 33 heavy (non-hydrogen) atoms. The summed E-state index contributed by atoms with van der Waals surface area (Å²) in [5.41, 5.74) is 3.14. The van der Waals surface area contributed by atoms with Crippen LogP contribution in [-0.4, -0.2) is 56.1 Å². The Morgan fingerprint density at radius 1 is 1.15 bits per heavy atom. The Labute approximate surface area is 188 Å². The molecule has 10 heteroatoms. The molecule has 1 saturated heterocycles. The molecule has 1 aromatic carbocycles. The summed E-state index contributed by atoms with van der Waals surface area (Å²) >= 11 is 0. The van der Waals surface area contributed by atoms with Crippen molar-refractivity contribution < 1.29 is 18.6 Å². The molecule has 0 aliphatic carbocycles. The second kappa shape index (κ2) is 8.70. The van der Waals surface area contributed by atoms with Crippen molar-refractivity contribution >= 4 is 11.5 Å². The van der Waals surface area contributed by atoms with E-state index >= 15 is 0 Å². The maximum atomic E-state index is 14.6. The second-order valence-electron chi connectivity index (χ2n) is 7.86. The highest BCUT2D eigenvalue weighted by molar-refractivity contribution is 5.61. The van der Waals surface area contributed by atoms with E-state index in [0.29, 0.717) is 46.3 Å². The highest BCUT2D eigenvalue weighted by Gasteiger charge is 2.36. The van der Waals surface area contributed by atoms with Gasteiger partial charge in [-0.3, -0.25) is 0 Å². The van der Waals surface area contributed by atoms with E-state index in [1.165, 1.54) is 25.6 Å². The van der Waals surface area contributed by atoms with Crippen LogP contribution in [0.15, 0.2) is 48.9 Å². The van der Waals surface area contributed by atoms with E-state index in [4.69, 9.17) is 9.84 Å². The Morgan fingerprint density at radius 3 is 2.85 bits per heavy atom. The molecule has 5 rings (SSSR count). The van der Waals surface area contributed by atoms with Gasteiger partial charge in [0.25, 0.3) is 0 Å². The first-order chi connectivity index (χ1) is 16.1. The lowest BCUT2D eigenvalue weighted by molar-refractivity contribution is 0.298. The molecule has 1 N–H and O–H groups in total. The smallest absolute Gasteiger partial charge is 0.154 e. The van der Waals surface area contributed by atoms with Gasteiger partial charge in [0.05, 0.1) is 31.6 Å². The van der Waals surface area contributed by atoms with Crippen LogP contribution in [0.25, 0.3) is 17.0 Å². The number of benzene rings is 1. The minimum absolute atomic E-state index is 0.0176. The summed E-state index contributed by atoms with van der Waals surface area (Å²) in [6, 6.07) is 9.19. The minimum atomic E-state index is -1.09. The van der Waals surface area contributed by atoms with Crippen molar-refractivity contribution in [2.75, 3.05) is 25.2 Å². The number of halogens is 2.